The SMILES string of the molecule is CC(C)n1ncc2cc(NC(=O)[C@@H]3CCCCN3)cnc21. The fourth-order valence-electron chi connectivity index (χ4n) is 2.69. The number of nitrogens with one attached hydrogen (secondary N) is 2. The molecule has 1 fully saturated rings. The highest BCUT2D eigenvalue weighted by Gasteiger charge is 2.20. The van der Waals surface area contributed by atoms with Crippen LogP contribution in [0, 0.1) is 0 Å². The number of carbonyl (C=O) groups is 1. The van der Waals surface area contributed by atoms with Crippen molar-refractivity contribution >= 4 is 22.6 Å². The summed E-state index contributed by atoms with van der Waals surface area (Å²) in [5.41, 5.74) is 1.57. The summed E-state index contributed by atoms with van der Waals surface area (Å²) < 4.78 is 1.88. The van der Waals surface area contributed by atoms with Crippen LogP contribution in [0.15, 0.2) is 18.5 Å². The van der Waals surface area contributed by atoms with Crippen molar-refractivity contribution in [1.82, 2.24) is 20.1 Å². The van der Waals surface area contributed by atoms with E-state index in [0.29, 0.717) is 0 Å². The summed E-state index contributed by atoms with van der Waals surface area (Å²) in [5, 5.41) is 11.5. The molecule has 1 saturated heterocycles. The summed E-state index contributed by atoms with van der Waals surface area (Å²) in [4.78, 5) is 16.6. The number of carbonyl (C=O) groups excluding carboxylic acids is 1. The Balaban J connectivity index is 1.76. The molecule has 2 N–H and O–H groups in total. The third-order valence-electron chi connectivity index (χ3n) is 3.82. The molecule has 0 aromatic carbocycles. The average Bonchev–Trinajstić information content (AvgIpc) is 2.91. The Labute approximate surface area is 123 Å². The molecule has 0 aliphatic carbocycles. The predicted molar refractivity (Wildman–Crippen MR) is 82.2 cm³/mol. The number of anilines is 1. The predicted octanol–water partition coefficient (Wildman–Crippen LogP) is 2.09. The number of aromatic nitrogens is 3. The summed E-state index contributed by atoms with van der Waals surface area (Å²) in [6.45, 7) is 5.05. The van der Waals surface area contributed by atoms with Crippen LogP contribution in [0.5, 0.6) is 0 Å². The first-order valence-corrected chi connectivity index (χ1v) is 7.52. The first-order chi connectivity index (χ1) is 10.1. The van der Waals surface area contributed by atoms with Gasteiger partial charge in [0.05, 0.1) is 24.1 Å². The van der Waals surface area contributed by atoms with Gasteiger partial charge in [-0.2, -0.15) is 5.10 Å². The largest absolute Gasteiger partial charge is 0.323 e. The van der Waals surface area contributed by atoms with Gasteiger partial charge in [-0.05, 0) is 39.3 Å². The zero-order chi connectivity index (χ0) is 14.8. The lowest BCUT2D eigenvalue weighted by Gasteiger charge is -2.22. The second kappa shape index (κ2) is 5.81. The minimum atomic E-state index is -0.0900. The van der Waals surface area contributed by atoms with E-state index in [1.807, 2.05) is 10.7 Å². The number of rotatable bonds is 3. The highest BCUT2D eigenvalue weighted by molar-refractivity contribution is 5.96. The molecule has 1 aliphatic rings. The Morgan fingerprint density at radius 3 is 3.00 bits per heavy atom. The van der Waals surface area contributed by atoms with Crippen molar-refractivity contribution in [3.63, 3.8) is 0 Å². The van der Waals surface area contributed by atoms with Gasteiger partial charge in [0, 0.05) is 11.4 Å². The van der Waals surface area contributed by atoms with E-state index in [0.717, 1.165) is 42.5 Å². The molecule has 1 amide bonds. The van der Waals surface area contributed by atoms with Crippen LogP contribution < -0.4 is 10.6 Å². The van der Waals surface area contributed by atoms with E-state index >= 15 is 0 Å². The van der Waals surface area contributed by atoms with Crippen LogP contribution in [0.25, 0.3) is 11.0 Å². The maximum absolute atomic E-state index is 12.2. The van der Waals surface area contributed by atoms with Crippen LogP contribution in [0.4, 0.5) is 5.69 Å². The molecule has 2 aromatic heterocycles. The van der Waals surface area contributed by atoms with Gasteiger partial charge in [0.25, 0.3) is 0 Å². The molecule has 0 saturated carbocycles. The smallest absolute Gasteiger partial charge is 0.241 e. The van der Waals surface area contributed by atoms with Crippen LogP contribution >= 0.6 is 0 Å². The van der Waals surface area contributed by atoms with Crippen molar-refractivity contribution in [2.24, 2.45) is 0 Å². The normalized spacial score (nSPS) is 19.1. The third-order valence-corrected chi connectivity index (χ3v) is 3.82. The van der Waals surface area contributed by atoms with Crippen molar-refractivity contribution in [2.75, 3.05) is 11.9 Å². The second-order valence-corrected chi connectivity index (χ2v) is 5.81. The maximum Gasteiger partial charge on any atom is 0.241 e. The number of nitrogens with zero attached hydrogens (tertiary/aromatic N) is 3. The van der Waals surface area contributed by atoms with Gasteiger partial charge in [0.2, 0.25) is 5.91 Å². The van der Waals surface area contributed by atoms with Crippen LogP contribution in [-0.2, 0) is 4.79 Å². The Bertz CT molecular complexity index is 643. The van der Waals surface area contributed by atoms with Crippen molar-refractivity contribution in [3.8, 4) is 0 Å². The molecule has 21 heavy (non-hydrogen) atoms. The molecule has 2 aromatic rings. The zero-order valence-corrected chi connectivity index (χ0v) is 12.5. The van der Waals surface area contributed by atoms with Crippen molar-refractivity contribution < 1.29 is 4.79 Å². The fourth-order valence-corrected chi connectivity index (χ4v) is 2.69. The lowest BCUT2D eigenvalue weighted by Crippen LogP contribution is -2.43. The molecule has 3 heterocycles. The Morgan fingerprint density at radius 1 is 1.43 bits per heavy atom. The first-order valence-electron chi connectivity index (χ1n) is 7.52. The number of fused-ring (bicyclic) bond motifs is 1. The van der Waals surface area contributed by atoms with E-state index < -0.39 is 0 Å². The van der Waals surface area contributed by atoms with Crippen LogP contribution in [0.3, 0.4) is 0 Å². The molecule has 6 heteroatoms. The van der Waals surface area contributed by atoms with Crippen LogP contribution in [-0.4, -0.2) is 33.3 Å². The molecular formula is C15H21N5O. The van der Waals surface area contributed by atoms with E-state index in [1.54, 1.807) is 12.4 Å². The summed E-state index contributed by atoms with van der Waals surface area (Å²) in [6, 6.07) is 2.10. The molecule has 6 nitrogen and oxygen atoms in total. The number of hydrogen-bond donors (Lipinski definition) is 2. The number of piperidine rings is 1. The second-order valence-electron chi connectivity index (χ2n) is 5.81. The minimum Gasteiger partial charge on any atom is -0.323 e. The first kappa shape index (κ1) is 14.0. The summed E-state index contributed by atoms with van der Waals surface area (Å²) in [6.07, 6.45) is 6.63. The van der Waals surface area contributed by atoms with E-state index in [9.17, 15) is 4.79 Å². The van der Waals surface area contributed by atoms with E-state index in [4.69, 9.17) is 0 Å². The van der Waals surface area contributed by atoms with Gasteiger partial charge in [0.1, 0.15) is 0 Å². The highest BCUT2D eigenvalue weighted by Crippen LogP contribution is 2.19. The molecule has 0 unspecified atom stereocenters. The topological polar surface area (TPSA) is 71.8 Å². The fraction of sp³-hybridized carbons (Fsp3) is 0.533. The van der Waals surface area contributed by atoms with E-state index in [1.165, 1.54) is 0 Å². The van der Waals surface area contributed by atoms with Gasteiger partial charge in [-0.3, -0.25) is 4.79 Å². The molecular weight excluding hydrogens is 266 g/mol. The quantitative estimate of drug-likeness (QED) is 0.906. The lowest BCUT2D eigenvalue weighted by molar-refractivity contribution is -0.118. The van der Waals surface area contributed by atoms with Crippen molar-refractivity contribution in [2.45, 2.75) is 45.2 Å². The molecule has 1 atom stereocenters. The van der Waals surface area contributed by atoms with Gasteiger partial charge in [-0.15, -0.1) is 0 Å². The standard InChI is InChI=1S/C15H21N5O/c1-10(2)20-14-11(8-18-20)7-12(9-17-14)19-15(21)13-5-3-4-6-16-13/h7-10,13,16H,3-6H2,1-2H3,(H,19,21)/t13-/m0/s1. The number of pyridine rings is 1. The van der Waals surface area contributed by atoms with Crippen LogP contribution in [0.1, 0.15) is 39.2 Å². The van der Waals surface area contributed by atoms with Gasteiger partial charge in [-0.1, -0.05) is 6.42 Å². The molecule has 112 valence electrons. The molecule has 0 radical (unpaired) electrons. The van der Waals surface area contributed by atoms with Gasteiger partial charge in [-0.25, -0.2) is 9.67 Å². The van der Waals surface area contributed by atoms with Crippen molar-refractivity contribution in [3.05, 3.63) is 18.5 Å². The monoisotopic (exact) mass is 287 g/mol. The summed E-state index contributed by atoms with van der Waals surface area (Å²) >= 11 is 0. The molecule has 1 aliphatic heterocycles. The average molecular weight is 287 g/mol. The number of hydrogen-bond acceptors (Lipinski definition) is 4. The van der Waals surface area contributed by atoms with Gasteiger partial charge >= 0.3 is 0 Å². The summed E-state index contributed by atoms with van der Waals surface area (Å²) in [7, 11) is 0. The van der Waals surface area contributed by atoms with E-state index in [2.05, 4.69) is 34.6 Å². The Morgan fingerprint density at radius 2 is 2.29 bits per heavy atom. The van der Waals surface area contributed by atoms with Crippen molar-refractivity contribution in [1.29, 1.82) is 0 Å². The minimum absolute atomic E-state index is 0.0205. The Hall–Kier alpha value is -1.95. The third kappa shape index (κ3) is 2.90. The van der Waals surface area contributed by atoms with E-state index in [-0.39, 0.29) is 18.0 Å². The molecule has 0 spiro atoms. The van der Waals surface area contributed by atoms with Crippen LogP contribution in [0.2, 0.25) is 0 Å². The zero-order valence-electron chi connectivity index (χ0n) is 12.5. The number of amides is 1. The highest BCUT2D eigenvalue weighted by atomic mass is 16.2. The molecule has 0 bridgehead atoms. The summed E-state index contributed by atoms with van der Waals surface area (Å²) in [5.74, 6) is 0.0205. The van der Waals surface area contributed by atoms with Gasteiger partial charge < -0.3 is 10.6 Å². The Kier molecular flexibility index (Phi) is 3.88. The molecule has 3 rings (SSSR count). The van der Waals surface area contributed by atoms with Gasteiger partial charge in [0.15, 0.2) is 5.65 Å². The maximum atomic E-state index is 12.2. The lowest BCUT2D eigenvalue weighted by atomic mass is 10.0.